The van der Waals surface area contributed by atoms with Crippen LogP contribution in [0.2, 0.25) is 0 Å². The molecule has 0 radical (unpaired) electrons. The summed E-state index contributed by atoms with van der Waals surface area (Å²) >= 11 is 0. The number of aromatic nitrogens is 4. The minimum atomic E-state index is -4.80. The van der Waals surface area contributed by atoms with Crippen LogP contribution in [0.25, 0.3) is 11.2 Å². The van der Waals surface area contributed by atoms with Gasteiger partial charge in [0.05, 0.1) is 25.0 Å². The lowest BCUT2D eigenvalue weighted by Gasteiger charge is -2.35. The Morgan fingerprint density at radius 2 is 2.03 bits per heavy atom. The Balaban J connectivity index is 1.53. The molecule has 1 aliphatic rings. The van der Waals surface area contributed by atoms with E-state index >= 15 is 0 Å². The summed E-state index contributed by atoms with van der Waals surface area (Å²) in [5, 5.41) is 0. The van der Waals surface area contributed by atoms with Crippen molar-refractivity contribution in [3.8, 4) is 0 Å². The number of hydrogen-bond acceptors (Lipinski definition) is 9. The lowest BCUT2D eigenvalue weighted by atomic mass is 10.0. The first kappa shape index (κ1) is 24.0. The van der Waals surface area contributed by atoms with Crippen molar-refractivity contribution in [1.29, 1.82) is 0 Å². The Kier molecular flexibility index (Phi) is 6.82. The molecule has 14 heteroatoms. The number of anilines is 1. The number of hydrogen-bond donors (Lipinski definition) is 3. The Bertz CT molecular complexity index is 1290. The average Bonchev–Trinajstić information content (AvgIpc) is 3.19. The Morgan fingerprint density at radius 1 is 1.29 bits per heavy atom. The monoisotopic (exact) mass is 493 g/mol. The molecule has 3 atom stereocenters. The SMILES string of the molecule is Cn1c(N)nc2c(ncn2[C@H]2C[C@@H](OP(=O)(O)O)C[C@@H](COC(=O)Cc3ccccc3)O2)c1=O. The third kappa shape index (κ3) is 5.51. The smallest absolute Gasteiger partial charge is 0.463 e. The molecule has 1 aliphatic heterocycles. The molecule has 0 saturated carbocycles. The van der Waals surface area contributed by atoms with Gasteiger partial charge in [0.1, 0.15) is 12.8 Å². The average molecular weight is 493 g/mol. The summed E-state index contributed by atoms with van der Waals surface area (Å²) in [5.41, 5.74) is 6.36. The van der Waals surface area contributed by atoms with Gasteiger partial charge >= 0.3 is 13.8 Å². The molecule has 0 amide bonds. The van der Waals surface area contributed by atoms with E-state index in [1.807, 2.05) is 18.2 Å². The van der Waals surface area contributed by atoms with Gasteiger partial charge in [-0.05, 0) is 5.56 Å². The molecule has 34 heavy (non-hydrogen) atoms. The zero-order valence-corrected chi connectivity index (χ0v) is 19.1. The second kappa shape index (κ2) is 9.65. The van der Waals surface area contributed by atoms with Gasteiger partial charge in [-0.3, -0.25) is 23.2 Å². The molecular weight excluding hydrogens is 469 g/mol. The standard InChI is InChI=1S/C20H24N5O8P/c1-24-19(27)17-18(23-20(24)21)25(11-22-17)15-9-13(33-34(28,29)30)8-14(32-15)10-31-16(26)7-12-5-3-2-4-6-12/h2-6,11,13-15H,7-10H2,1H3,(H2,21,23)(H2,28,29,30)/t13-,14-,15+/m0/s1. The van der Waals surface area contributed by atoms with Crippen LogP contribution >= 0.6 is 7.82 Å². The summed E-state index contributed by atoms with van der Waals surface area (Å²) < 4.78 is 30.3. The fraction of sp³-hybridized carbons (Fsp3) is 0.400. The van der Waals surface area contributed by atoms with E-state index < -0.39 is 37.8 Å². The van der Waals surface area contributed by atoms with Gasteiger partial charge in [0, 0.05) is 19.9 Å². The highest BCUT2D eigenvalue weighted by molar-refractivity contribution is 7.46. The number of carbonyl (C=O) groups is 1. The maximum Gasteiger partial charge on any atom is 0.469 e. The number of phosphoric acid groups is 1. The summed E-state index contributed by atoms with van der Waals surface area (Å²) in [5.74, 6) is -0.514. The minimum Gasteiger partial charge on any atom is -0.463 e. The molecule has 0 spiro atoms. The molecule has 4 N–H and O–H groups in total. The minimum absolute atomic E-state index is 0.0296. The van der Waals surface area contributed by atoms with Gasteiger partial charge in [0.15, 0.2) is 11.2 Å². The fourth-order valence-electron chi connectivity index (χ4n) is 3.79. The number of phosphoric ester groups is 1. The molecule has 4 rings (SSSR count). The predicted octanol–water partition coefficient (Wildman–Crippen LogP) is 0.654. The molecule has 13 nitrogen and oxygen atoms in total. The highest BCUT2D eigenvalue weighted by Crippen LogP contribution is 2.42. The van der Waals surface area contributed by atoms with Crippen LogP contribution in [0.4, 0.5) is 5.95 Å². The fourth-order valence-corrected chi connectivity index (χ4v) is 4.35. The van der Waals surface area contributed by atoms with E-state index in [9.17, 15) is 23.9 Å². The largest absolute Gasteiger partial charge is 0.469 e. The first-order valence-electron chi connectivity index (χ1n) is 10.4. The summed E-state index contributed by atoms with van der Waals surface area (Å²) in [4.78, 5) is 51.6. The van der Waals surface area contributed by atoms with Gasteiger partial charge in [-0.2, -0.15) is 4.98 Å². The first-order valence-corrected chi connectivity index (χ1v) is 11.9. The number of ether oxygens (including phenoxy) is 2. The van der Waals surface area contributed by atoms with Crippen molar-refractivity contribution in [2.24, 2.45) is 7.05 Å². The van der Waals surface area contributed by atoms with Crippen LogP contribution in [0.5, 0.6) is 0 Å². The molecule has 182 valence electrons. The van der Waals surface area contributed by atoms with Crippen LogP contribution in [0.3, 0.4) is 0 Å². The summed E-state index contributed by atoms with van der Waals surface area (Å²) in [6.45, 7) is -0.160. The molecular formula is C20H24N5O8P. The van der Waals surface area contributed by atoms with Gasteiger partial charge in [-0.1, -0.05) is 30.3 Å². The number of nitrogen functional groups attached to an aromatic ring is 1. The van der Waals surface area contributed by atoms with Crippen molar-refractivity contribution in [2.75, 3.05) is 12.3 Å². The van der Waals surface area contributed by atoms with Crippen LogP contribution < -0.4 is 11.3 Å². The lowest BCUT2D eigenvalue weighted by Crippen LogP contribution is -2.38. The van der Waals surface area contributed by atoms with Gasteiger partial charge in [0.25, 0.3) is 5.56 Å². The van der Waals surface area contributed by atoms with Crippen LogP contribution in [0.1, 0.15) is 24.6 Å². The zero-order chi connectivity index (χ0) is 24.5. The summed E-state index contributed by atoms with van der Waals surface area (Å²) in [7, 11) is -3.33. The number of nitrogens with zero attached hydrogens (tertiary/aromatic N) is 4. The number of rotatable bonds is 7. The van der Waals surface area contributed by atoms with Crippen molar-refractivity contribution in [3.05, 3.63) is 52.6 Å². The molecule has 1 fully saturated rings. The number of carbonyl (C=O) groups excluding carboxylic acids is 1. The van der Waals surface area contributed by atoms with E-state index in [0.29, 0.717) is 0 Å². The number of esters is 1. The third-order valence-corrected chi connectivity index (χ3v) is 5.97. The van der Waals surface area contributed by atoms with Gasteiger partial charge in [0.2, 0.25) is 5.95 Å². The molecule has 0 unspecified atom stereocenters. The van der Waals surface area contributed by atoms with E-state index in [-0.39, 0.29) is 43.0 Å². The zero-order valence-electron chi connectivity index (χ0n) is 18.2. The topological polar surface area (TPSA) is 181 Å². The Morgan fingerprint density at radius 3 is 2.74 bits per heavy atom. The second-order valence-corrected chi connectivity index (χ2v) is 9.10. The first-order chi connectivity index (χ1) is 16.1. The van der Waals surface area contributed by atoms with E-state index in [2.05, 4.69) is 9.97 Å². The lowest BCUT2D eigenvalue weighted by molar-refractivity contribution is -0.164. The summed E-state index contributed by atoms with van der Waals surface area (Å²) in [6, 6.07) is 9.05. The van der Waals surface area contributed by atoms with E-state index in [4.69, 9.17) is 19.7 Å². The van der Waals surface area contributed by atoms with E-state index in [0.717, 1.165) is 10.1 Å². The van der Waals surface area contributed by atoms with Gasteiger partial charge in [-0.15, -0.1) is 0 Å². The predicted molar refractivity (Wildman–Crippen MR) is 118 cm³/mol. The molecule has 2 aromatic heterocycles. The Hall–Kier alpha value is -3.09. The molecule has 3 aromatic rings. The summed E-state index contributed by atoms with van der Waals surface area (Å²) in [6.07, 6.45) is -1.01. The van der Waals surface area contributed by atoms with E-state index in [1.165, 1.54) is 17.9 Å². The number of imidazole rings is 1. The number of benzene rings is 1. The highest BCUT2D eigenvalue weighted by Gasteiger charge is 2.36. The molecule has 1 saturated heterocycles. The molecule has 0 aliphatic carbocycles. The van der Waals surface area contributed by atoms with Gasteiger partial charge < -0.3 is 25.0 Å². The van der Waals surface area contributed by atoms with E-state index in [1.54, 1.807) is 12.1 Å². The Labute approximate surface area is 193 Å². The van der Waals surface area contributed by atoms with Crippen molar-refractivity contribution in [1.82, 2.24) is 19.1 Å². The molecule has 1 aromatic carbocycles. The van der Waals surface area contributed by atoms with Crippen molar-refractivity contribution in [2.45, 2.75) is 37.7 Å². The van der Waals surface area contributed by atoms with Crippen LogP contribution in [-0.4, -0.2) is 53.7 Å². The van der Waals surface area contributed by atoms with Crippen LogP contribution in [0, 0.1) is 0 Å². The van der Waals surface area contributed by atoms with Crippen molar-refractivity contribution in [3.63, 3.8) is 0 Å². The number of fused-ring (bicyclic) bond motifs is 1. The van der Waals surface area contributed by atoms with Gasteiger partial charge in [-0.25, -0.2) is 9.55 Å². The maximum atomic E-state index is 12.4. The normalized spacial score (nSPS) is 21.0. The van der Waals surface area contributed by atoms with Crippen LogP contribution in [-0.2, 0) is 36.8 Å². The molecule has 0 bridgehead atoms. The number of nitrogens with two attached hydrogens (primary N) is 1. The second-order valence-electron chi connectivity index (χ2n) is 7.91. The third-order valence-electron chi connectivity index (χ3n) is 5.40. The van der Waals surface area contributed by atoms with Crippen molar-refractivity contribution >= 4 is 30.9 Å². The van der Waals surface area contributed by atoms with Crippen molar-refractivity contribution < 1.29 is 33.1 Å². The maximum absolute atomic E-state index is 12.4. The highest BCUT2D eigenvalue weighted by atomic mass is 31.2. The molecule has 3 heterocycles. The quantitative estimate of drug-likeness (QED) is 0.310. The van der Waals surface area contributed by atoms with Crippen LogP contribution in [0.15, 0.2) is 41.5 Å².